The summed E-state index contributed by atoms with van der Waals surface area (Å²) in [7, 11) is 0. The molecule has 2 rings (SSSR count). The number of hydrogen-bond acceptors (Lipinski definition) is 3. The monoisotopic (exact) mass is 396 g/mol. The summed E-state index contributed by atoms with van der Waals surface area (Å²) in [5.41, 5.74) is 4.24. The summed E-state index contributed by atoms with van der Waals surface area (Å²) in [4.78, 5) is 27.2. The van der Waals surface area contributed by atoms with Crippen LogP contribution in [0.5, 0.6) is 5.75 Å². The third-order valence-electron chi connectivity index (χ3n) is 4.98. The van der Waals surface area contributed by atoms with Gasteiger partial charge in [0.1, 0.15) is 11.8 Å². The van der Waals surface area contributed by atoms with Crippen molar-refractivity contribution in [3.05, 3.63) is 64.7 Å². The fraction of sp³-hybridized carbons (Fsp3) is 0.417. The lowest BCUT2D eigenvalue weighted by Crippen LogP contribution is -2.50. The summed E-state index contributed by atoms with van der Waals surface area (Å²) in [6, 6.07) is 13.1. The lowest BCUT2D eigenvalue weighted by molar-refractivity contribution is -0.142. The minimum Gasteiger partial charge on any atom is -0.483 e. The van der Waals surface area contributed by atoms with Gasteiger partial charge in [0.25, 0.3) is 5.91 Å². The Morgan fingerprint density at radius 1 is 1.00 bits per heavy atom. The average Bonchev–Trinajstić information content (AvgIpc) is 2.67. The van der Waals surface area contributed by atoms with Gasteiger partial charge < -0.3 is 15.0 Å². The van der Waals surface area contributed by atoms with Crippen molar-refractivity contribution in [1.29, 1.82) is 0 Å². The second-order valence-electron chi connectivity index (χ2n) is 7.83. The molecular formula is C24H32N2O3. The zero-order chi connectivity index (χ0) is 21.6. The summed E-state index contributed by atoms with van der Waals surface area (Å²) >= 11 is 0. The number of amides is 2. The SMILES string of the molecule is Cc1ccc(CN(C(=O)COc2cccc(C)c2C)[C@@H](C)C(=O)NC(C)C)cc1. The molecule has 0 bridgehead atoms. The van der Waals surface area contributed by atoms with Crippen molar-refractivity contribution >= 4 is 11.8 Å². The molecule has 0 unspecified atom stereocenters. The van der Waals surface area contributed by atoms with E-state index in [2.05, 4.69) is 5.32 Å². The molecule has 0 aliphatic carbocycles. The highest BCUT2D eigenvalue weighted by Gasteiger charge is 2.27. The molecule has 156 valence electrons. The fourth-order valence-corrected chi connectivity index (χ4v) is 2.98. The Hall–Kier alpha value is -2.82. The van der Waals surface area contributed by atoms with Crippen LogP contribution in [0.25, 0.3) is 0 Å². The Bertz CT molecular complexity index is 844. The van der Waals surface area contributed by atoms with Crippen molar-refractivity contribution in [2.24, 2.45) is 0 Å². The molecule has 0 aliphatic heterocycles. The molecule has 29 heavy (non-hydrogen) atoms. The van der Waals surface area contributed by atoms with E-state index in [1.807, 2.05) is 77.1 Å². The Morgan fingerprint density at radius 3 is 2.28 bits per heavy atom. The molecule has 5 nitrogen and oxygen atoms in total. The van der Waals surface area contributed by atoms with Crippen molar-refractivity contribution < 1.29 is 14.3 Å². The van der Waals surface area contributed by atoms with E-state index in [1.54, 1.807) is 11.8 Å². The van der Waals surface area contributed by atoms with E-state index in [1.165, 1.54) is 0 Å². The maximum atomic E-state index is 13.0. The molecule has 2 amide bonds. The molecular weight excluding hydrogens is 364 g/mol. The highest BCUT2D eigenvalue weighted by atomic mass is 16.5. The number of hydrogen-bond donors (Lipinski definition) is 1. The van der Waals surface area contributed by atoms with Gasteiger partial charge in [0, 0.05) is 12.6 Å². The lowest BCUT2D eigenvalue weighted by atomic mass is 10.1. The summed E-state index contributed by atoms with van der Waals surface area (Å²) in [5, 5.41) is 2.89. The first kappa shape index (κ1) is 22.5. The molecule has 0 saturated carbocycles. The van der Waals surface area contributed by atoms with Crippen LogP contribution in [0, 0.1) is 20.8 Å². The molecule has 0 aromatic heterocycles. The second kappa shape index (κ2) is 10.1. The Kier molecular flexibility index (Phi) is 7.82. The van der Waals surface area contributed by atoms with Crippen LogP contribution in [0.1, 0.15) is 43.0 Å². The molecule has 2 aromatic rings. The molecule has 0 fully saturated rings. The summed E-state index contributed by atoms with van der Waals surface area (Å²) in [6.45, 7) is 11.8. The number of aryl methyl sites for hydroxylation is 2. The van der Waals surface area contributed by atoms with E-state index in [0.29, 0.717) is 12.3 Å². The maximum Gasteiger partial charge on any atom is 0.261 e. The third-order valence-corrected chi connectivity index (χ3v) is 4.98. The maximum absolute atomic E-state index is 13.0. The van der Waals surface area contributed by atoms with Gasteiger partial charge in [-0.15, -0.1) is 0 Å². The first-order valence-electron chi connectivity index (χ1n) is 10.0. The topological polar surface area (TPSA) is 58.6 Å². The van der Waals surface area contributed by atoms with E-state index in [-0.39, 0.29) is 24.5 Å². The van der Waals surface area contributed by atoms with Gasteiger partial charge in [-0.3, -0.25) is 9.59 Å². The quantitative estimate of drug-likeness (QED) is 0.735. The smallest absolute Gasteiger partial charge is 0.261 e. The minimum atomic E-state index is -0.603. The number of benzene rings is 2. The van der Waals surface area contributed by atoms with Crippen molar-refractivity contribution in [3.8, 4) is 5.75 Å². The van der Waals surface area contributed by atoms with Crippen LogP contribution >= 0.6 is 0 Å². The average molecular weight is 397 g/mol. The molecule has 1 atom stereocenters. The number of rotatable bonds is 8. The normalized spacial score (nSPS) is 11.8. The zero-order valence-corrected chi connectivity index (χ0v) is 18.3. The molecule has 0 spiro atoms. The predicted octanol–water partition coefficient (Wildman–Crippen LogP) is 3.93. The number of ether oxygens (including phenoxy) is 1. The van der Waals surface area contributed by atoms with Crippen LogP contribution in [-0.4, -0.2) is 35.4 Å². The van der Waals surface area contributed by atoms with E-state index >= 15 is 0 Å². The van der Waals surface area contributed by atoms with Crippen LogP contribution in [0.2, 0.25) is 0 Å². The van der Waals surface area contributed by atoms with Gasteiger partial charge in [-0.2, -0.15) is 0 Å². The Morgan fingerprint density at radius 2 is 1.66 bits per heavy atom. The van der Waals surface area contributed by atoms with E-state index in [4.69, 9.17) is 4.74 Å². The number of nitrogens with zero attached hydrogens (tertiary/aromatic N) is 1. The van der Waals surface area contributed by atoms with Crippen LogP contribution in [0.15, 0.2) is 42.5 Å². The summed E-state index contributed by atoms with van der Waals surface area (Å²) < 4.78 is 5.81. The van der Waals surface area contributed by atoms with Gasteiger partial charge in [-0.05, 0) is 64.3 Å². The van der Waals surface area contributed by atoms with Gasteiger partial charge in [0.15, 0.2) is 6.61 Å². The summed E-state index contributed by atoms with van der Waals surface area (Å²) in [5.74, 6) is 0.290. The first-order chi connectivity index (χ1) is 13.7. The van der Waals surface area contributed by atoms with Gasteiger partial charge in [-0.1, -0.05) is 42.0 Å². The number of carbonyl (C=O) groups excluding carboxylic acids is 2. The Balaban J connectivity index is 2.17. The molecule has 0 saturated heterocycles. The number of nitrogens with one attached hydrogen (secondary N) is 1. The van der Waals surface area contributed by atoms with Gasteiger partial charge in [-0.25, -0.2) is 0 Å². The largest absolute Gasteiger partial charge is 0.483 e. The van der Waals surface area contributed by atoms with E-state index in [0.717, 1.165) is 22.3 Å². The molecule has 1 N–H and O–H groups in total. The van der Waals surface area contributed by atoms with Gasteiger partial charge in [0.2, 0.25) is 5.91 Å². The van der Waals surface area contributed by atoms with Crippen LogP contribution in [0.3, 0.4) is 0 Å². The molecule has 0 heterocycles. The molecule has 5 heteroatoms. The first-order valence-corrected chi connectivity index (χ1v) is 10.0. The van der Waals surface area contributed by atoms with Crippen LogP contribution in [-0.2, 0) is 16.1 Å². The lowest BCUT2D eigenvalue weighted by Gasteiger charge is -2.29. The third kappa shape index (κ3) is 6.34. The highest BCUT2D eigenvalue weighted by Crippen LogP contribution is 2.21. The fourth-order valence-electron chi connectivity index (χ4n) is 2.98. The predicted molar refractivity (Wildman–Crippen MR) is 116 cm³/mol. The standard InChI is InChI=1S/C24H32N2O3/c1-16(2)25-24(28)20(6)26(14-21-12-10-17(3)11-13-21)23(27)15-29-22-9-7-8-18(4)19(22)5/h7-13,16,20H,14-15H2,1-6H3,(H,25,28)/t20-/m0/s1. The zero-order valence-electron chi connectivity index (χ0n) is 18.3. The van der Waals surface area contributed by atoms with Crippen LogP contribution in [0.4, 0.5) is 0 Å². The van der Waals surface area contributed by atoms with Crippen molar-refractivity contribution in [1.82, 2.24) is 10.2 Å². The van der Waals surface area contributed by atoms with Gasteiger partial charge >= 0.3 is 0 Å². The Labute approximate surface area is 174 Å². The number of carbonyl (C=O) groups is 2. The highest BCUT2D eigenvalue weighted by molar-refractivity contribution is 5.88. The van der Waals surface area contributed by atoms with Crippen molar-refractivity contribution in [2.75, 3.05) is 6.61 Å². The summed E-state index contributed by atoms with van der Waals surface area (Å²) in [6.07, 6.45) is 0. The minimum absolute atomic E-state index is 0.00692. The van der Waals surface area contributed by atoms with E-state index < -0.39 is 6.04 Å². The van der Waals surface area contributed by atoms with Crippen molar-refractivity contribution in [2.45, 2.75) is 60.2 Å². The molecule has 0 radical (unpaired) electrons. The van der Waals surface area contributed by atoms with Crippen LogP contribution < -0.4 is 10.1 Å². The van der Waals surface area contributed by atoms with E-state index in [9.17, 15) is 9.59 Å². The molecule has 2 aromatic carbocycles. The van der Waals surface area contributed by atoms with Gasteiger partial charge in [0.05, 0.1) is 0 Å². The second-order valence-corrected chi connectivity index (χ2v) is 7.83. The molecule has 0 aliphatic rings. The van der Waals surface area contributed by atoms with Crippen molar-refractivity contribution in [3.63, 3.8) is 0 Å².